The molecule has 0 aromatic rings. The smallest absolute Gasteiger partial charge is 0.381 e. The number of piperazine rings is 1. The number of nitrogens with zero attached hydrogens (tertiary/aromatic N) is 3. The highest BCUT2D eigenvalue weighted by atomic mass is 127. The second-order valence-corrected chi connectivity index (χ2v) is 6.75. The summed E-state index contributed by atoms with van der Waals surface area (Å²) in [6.45, 7) is 6.03. The molecule has 27 heavy (non-hydrogen) atoms. The van der Waals surface area contributed by atoms with E-state index in [2.05, 4.69) is 10.3 Å². The van der Waals surface area contributed by atoms with Gasteiger partial charge in [0.25, 0.3) is 0 Å². The first-order chi connectivity index (χ1) is 12.4. The molecule has 2 aliphatic rings. The normalized spacial score (nSPS) is 21.7. The minimum absolute atomic E-state index is 0. The molecule has 1 atom stereocenters. The van der Waals surface area contributed by atoms with Gasteiger partial charge in [-0.25, -0.2) is 0 Å². The van der Waals surface area contributed by atoms with Crippen molar-refractivity contribution in [3.8, 4) is 0 Å². The van der Waals surface area contributed by atoms with Crippen LogP contribution in [0.15, 0.2) is 4.99 Å². The van der Waals surface area contributed by atoms with Gasteiger partial charge in [-0.05, 0) is 26.2 Å². The summed E-state index contributed by atoms with van der Waals surface area (Å²) >= 11 is 0. The van der Waals surface area contributed by atoms with E-state index in [1.165, 1.54) is 11.8 Å². The Balaban J connectivity index is 0.00000364. The molecule has 0 aromatic carbocycles. The van der Waals surface area contributed by atoms with Crippen molar-refractivity contribution in [1.29, 1.82) is 0 Å². The number of nitrogens with one attached hydrogen (secondary N) is 1. The predicted octanol–water partition coefficient (Wildman–Crippen LogP) is 2.33. The number of hydrogen-bond acceptors (Lipinski definition) is 4. The van der Waals surface area contributed by atoms with Crippen molar-refractivity contribution < 1.29 is 22.6 Å². The lowest BCUT2D eigenvalue weighted by Gasteiger charge is -2.39. The number of ether oxygens (including phenoxy) is 2. The van der Waals surface area contributed by atoms with E-state index in [9.17, 15) is 13.2 Å². The van der Waals surface area contributed by atoms with Crippen LogP contribution in [0.1, 0.15) is 26.2 Å². The second-order valence-electron chi connectivity index (χ2n) is 6.75. The molecular weight excluding hydrogens is 476 g/mol. The van der Waals surface area contributed by atoms with Crippen LogP contribution in [0.2, 0.25) is 0 Å². The highest BCUT2D eigenvalue weighted by molar-refractivity contribution is 14.0. The first-order valence-corrected chi connectivity index (χ1v) is 9.37. The molecule has 160 valence electrons. The molecule has 1 N–H and O–H groups in total. The fourth-order valence-electron chi connectivity index (χ4n) is 3.23. The molecule has 10 heteroatoms. The predicted molar refractivity (Wildman–Crippen MR) is 110 cm³/mol. The second kappa shape index (κ2) is 12.3. The van der Waals surface area contributed by atoms with Gasteiger partial charge in [0.2, 0.25) is 0 Å². The van der Waals surface area contributed by atoms with Crippen LogP contribution in [-0.2, 0) is 9.47 Å². The van der Waals surface area contributed by atoms with Gasteiger partial charge in [0.05, 0.1) is 6.10 Å². The number of aliphatic imine (C=N–C) groups is 1. The minimum Gasteiger partial charge on any atom is -0.381 e. The largest absolute Gasteiger partial charge is 0.403 e. The summed E-state index contributed by atoms with van der Waals surface area (Å²) in [4.78, 5) is 7.74. The lowest BCUT2D eigenvalue weighted by Crippen LogP contribution is -2.56. The lowest BCUT2D eigenvalue weighted by atomic mass is 10.1. The first kappa shape index (κ1) is 24.7. The van der Waals surface area contributed by atoms with E-state index in [1.54, 1.807) is 7.05 Å². The summed E-state index contributed by atoms with van der Waals surface area (Å²) < 4.78 is 49.6. The summed E-state index contributed by atoms with van der Waals surface area (Å²) in [5, 5.41) is 3.28. The molecule has 6 nitrogen and oxygen atoms in total. The van der Waals surface area contributed by atoms with Crippen molar-refractivity contribution >= 4 is 29.9 Å². The molecule has 0 spiro atoms. The van der Waals surface area contributed by atoms with Gasteiger partial charge >= 0.3 is 6.18 Å². The quantitative estimate of drug-likeness (QED) is 0.259. The third kappa shape index (κ3) is 8.28. The van der Waals surface area contributed by atoms with E-state index in [0.29, 0.717) is 38.9 Å². The zero-order chi connectivity index (χ0) is 19.0. The van der Waals surface area contributed by atoms with Gasteiger partial charge in [-0.2, -0.15) is 13.2 Å². The highest BCUT2D eigenvalue weighted by Crippen LogP contribution is 2.25. The molecule has 2 rings (SSSR count). The molecule has 1 unspecified atom stereocenters. The van der Waals surface area contributed by atoms with Crippen LogP contribution in [0, 0.1) is 0 Å². The molecule has 0 radical (unpaired) electrons. The molecule has 0 aromatic heterocycles. The SMILES string of the molecule is CN=C(NCCCOC1CCOCC1)N1CCN(C(C)C(F)(F)F)CC1.I. The Bertz CT molecular complexity index is 440. The number of rotatable bonds is 6. The standard InChI is InChI=1S/C17H31F3N4O2.HI/c1-14(17(18,19)20)23-7-9-24(10-8-23)16(21-2)22-6-3-11-26-15-4-12-25-13-5-15;/h14-15H,3-13H2,1-2H3,(H,21,22);1H. The van der Waals surface area contributed by atoms with E-state index >= 15 is 0 Å². The maximum Gasteiger partial charge on any atom is 0.403 e. The third-order valence-electron chi connectivity index (χ3n) is 4.97. The van der Waals surface area contributed by atoms with Gasteiger partial charge in [0.15, 0.2) is 5.96 Å². The fourth-order valence-corrected chi connectivity index (χ4v) is 3.23. The molecule has 2 saturated heterocycles. The van der Waals surface area contributed by atoms with E-state index in [0.717, 1.165) is 45.0 Å². The summed E-state index contributed by atoms with van der Waals surface area (Å²) in [5.41, 5.74) is 0. The first-order valence-electron chi connectivity index (χ1n) is 9.37. The van der Waals surface area contributed by atoms with Gasteiger partial charge in [0.1, 0.15) is 6.04 Å². The zero-order valence-electron chi connectivity index (χ0n) is 16.1. The molecule has 0 saturated carbocycles. The van der Waals surface area contributed by atoms with Crippen LogP contribution >= 0.6 is 24.0 Å². The topological polar surface area (TPSA) is 49.3 Å². The van der Waals surface area contributed by atoms with Gasteiger partial charge < -0.3 is 19.7 Å². The van der Waals surface area contributed by atoms with Crippen molar-refractivity contribution in [3.63, 3.8) is 0 Å². The van der Waals surface area contributed by atoms with Gasteiger partial charge in [0, 0.05) is 59.6 Å². The Labute approximate surface area is 176 Å². The van der Waals surface area contributed by atoms with Crippen molar-refractivity contribution in [2.24, 2.45) is 4.99 Å². The average molecular weight is 508 g/mol. The Morgan fingerprint density at radius 2 is 1.85 bits per heavy atom. The van der Waals surface area contributed by atoms with E-state index < -0.39 is 12.2 Å². The Morgan fingerprint density at radius 1 is 1.22 bits per heavy atom. The molecule has 0 amide bonds. The summed E-state index contributed by atoms with van der Waals surface area (Å²) in [5.74, 6) is 0.746. The monoisotopic (exact) mass is 508 g/mol. The van der Waals surface area contributed by atoms with E-state index in [-0.39, 0.29) is 24.0 Å². The molecule has 0 bridgehead atoms. The molecule has 0 aliphatic carbocycles. The van der Waals surface area contributed by atoms with Crippen LogP contribution in [0.3, 0.4) is 0 Å². The van der Waals surface area contributed by atoms with Crippen LogP contribution in [-0.4, -0.2) is 93.7 Å². The van der Waals surface area contributed by atoms with Crippen molar-refractivity contribution in [2.45, 2.75) is 44.5 Å². The number of alkyl halides is 3. The highest BCUT2D eigenvalue weighted by Gasteiger charge is 2.41. The van der Waals surface area contributed by atoms with Crippen LogP contribution in [0.4, 0.5) is 13.2 Å². The number of hydrogen-bond donors (Lipinski definition) is 1. The minimum atomic E-state index is -4.17. The van der Waals surface area contributed by atoms with Gasteiger partial charge in [-0.1, -0.05) is 0 Å². The average Bonchev–Trinajstić information content (AvgIpc) is 2.64. The summed E-state index contributed by atoms with van der Waals surface area (Å²) in [7, 11) is 1.70. The van der Waals surface area contributed by atoms with Crippen LogP contribution in [0.25, 0.3) is 0 Å². The van der Waals surface area contributed by atoms with Crippen molar-refractivity contribution in [3.05, 3.63) is 0 Å². The number of guanidine groups is 1. The molecular formula is C17H32F3IN4O2. The van der Waals surface area contributed by atoms with Crippen LogP contribution in [0.5, 0.6) is 0 Å². The van der Waals surface area contributed by atoms with Crippen molar-refractivity contribution in [2.75, 3.05) is 59.6 Å². The van der Waals surface area contributed by atoms with Crippen molar-refractivity contribution in [1.82, 2.24) is 15.1 Å². The maximum absolute atomic E-state index is 12.8. The lowest BCUT2D eigenvalue weighted by molar-refractivity contribution is -0.181. The fraction of sp³-hybridized carbons (Fsp3) is 0.941. The van der Waals surface area contributed by atoms with E-state index in [1.807, 2.05) is 4.90 Å². The zero-order valence-corrected chi connectivity index (χ0v) is 18.5. The molecule has 2 aliphatic heterocycles. The Morgan fingerprint density at radius 3 is 2.41 bits per heavy atom. The third-order valence-corrected chi connectivity index (χ3v) is 4.97. The Kier molecular flexibility index (Phi) is 11.2. The maximum atomic E-state index is 12.8. The van der Waals surface area contributed by atoms with Crippen LogP contribution < -0.4 is 5.32 Å². The summed E-state index contributed by atoms with van der Waals surface area (Å²) in [6, 6.07) is -1.40. The van der Waals surface area contributed by atoms with Gasteiger partial charge in [-0.15, -0.1) is 24.0 Å². The molecule has 2 heterocycles. The van der Waals surface area contributed by atoms with Gasteiger partial charge in [-0.3, -0.25) is 9.89 Å². The Hall–Kier alpha value is -0.330. The molecule has 2 fully saturated rings. The van der Waals surface area contributed by atoms with E-state index in [4.69, 9.17) is 9.47 Å². The summed E-state index contributed by atoms with van der Waals surface area (Å²) in [6.07, 6.45) is -1.11. The number of halogens is 4.